The van der Waals surface area contributed by atoms with Crippen LogP contribution in [0.15, 0.2) is 59.3 Å². The highest BCUT2D eigenvalue weighted by atomic mass is 19.1. The number of aromatic nitrogens is 4. The molecule has 0 aliphatic carbocycles. The van der Waals surface area contributed by atoms with Crippen LogP contribution < -0.4 is 5.32 Å². The molecule has 0 bridgehead atoms. The molecule has 0 saturated heterocycles. The van der Waals surface area contributed by atoms with Crippen LogP contribution in [-0.2, 0) is 11.3 Å². The van der Waals surface area contributed by atoms with Crippen LogP contribution >= 0.6 is 0 Å². The Kier molecular flexibility index (Phi) is 4.90. The van der Waals surface area contributed by atoms with Crippen molar-refractivity contribution in [3.05, 3.63) is 71.9 Å². The summed E-state index contributed by atoms with van der Waals surface area (Å²) in [5.41, 5.74) is 2.96. The minimum absolute atomic E-state index is 0.107. The van der Waals surface area contributed by atoms with Crippen LogP contribution in [0.5, 0.6) is 0 Å². The molecule has 146 valence electrons. The van der Waals surface area contributed by atoms with Gasteiger partial charge in [-0.2, -0.15) is 4.98 Å². The van der Waals surface area contributed by atoms with Crippen LogP contribution in [0.4, 0.5) is 10.1 Å². The van der Waals surface area contributed by atoms with Crippen LogP contribution in [0.1, 0.15) is 11.4 Å². The monoisotopic (exact) mass is 391 g/mol. The Morgan fingerprint density at radius 1 is 1.07 bits per heavy atom. The van der Waals surface area contributed by atoms with E-state index in [1.165, 1.54) is 12.1 Å². The van der Waals surface area contributed by atoms with Gasteiger partial charge in [0.05, 0.1) is 0 Å². The second-order valence-electron chi connectivity index (χ2n) is 6.65. The van der Waals surface area contributed by atoms with Crippen molar-refractivity contribution in [3.8, 4) is 23.0 Å². The fourth-order valence-electron chi connectivity index (χ4n) is 2.81. The number of imidazole rings is 1. The van der Waals surface area contributed by atoms with E-state index in [4.69, 9.17) is 4.52 Å². The standard InChI is InChI=1S/C21H18FN5O2/c1-13-3-9-17(10-4-13)24-19(28)12-27-11-18(23-14(27)2)20-25-21(29-26-20)15-5-7-16(22)8-6-15/h3-11H,12H2,1-2H3,(H,24,28). The average Bonchev–Trinajstić information content (AvgIpc) is 3.32. The van der Waals surface area contributed by atoms with E-state index in [1.54, 1.807) is 29.8 Å². The quantitative estimate of drug-likeness (QED) is 0.556. The Bertz CT molecular complexity index is 1150. The van der Waals surface area contributed by atoms with Gasteiger partial charge in [0.1, 0.15) is 23.9 Å². The van der Waals surface area contributed by atoms with Crippen LogP contribution in [0.25, 0.3) is 23.0 Å². The van der Waals surface area contributed by atoms with Crippen molar-refractivity contribution in [3.63, 3.8) is 0 Å². The first-order valence-electron chi connectivity index (χ1n) is 8.98. The number of aryl methyl sites for hydroxylation is 2. The summed E-state index contributed by atoms with van der Waals surface area (Å²) < 4.78 is 20.0. The zero-order valence-corrected chi connectivity index (χ0v) is 15.9. The lowest BCUT2D eigenvalue weighted by atomic mass is 10.2. The molecular formula is C21H18FN5O2. The molecular weight excluding hydrogens is 373 g/mol. The summed E-state index contributed by atoms with van der Waals surface area (Å²) >= 11 is 0. The molecule has 2 aromatic carbocycles. The normalized spacial score (nSPS) is 10.9. The molecule has 0 unspecified atom stereocenters. The fourth-order valence-corrected chi connectivity index (χ4v) is 2.81. The number of hydrogen-bond acceptors (Lipinski definition) is 5. The predicted molar refractivity (Wildman–Crippen MR) is 105 cm³/mol. The highest BCUT2D eigenvalue weighted by Gasteiger charge is 2.16. The van der Waals surface area contributed by atoms with Gasteiger partial charge in [-0.1, -0.05) is 22.9 Å². The number of benzene rings is 2. The SMILES string of the molecule is Cc1ccc(NC(=O)Cn2cc(-c3noc(-c4ccc(F)cc4)n3)nc2C)cc1. The van der Waals surface area contributed by atoms with Gasteiger partial charge in [-0.3, -0.25) is 4.79 Å². The molecule has 1 N–H and O–H groups in total. The molecule has 1 amide bonds. The van der Waals surface area contributed by atoms with Gasteiger partial charge in [0.25, 0.3) is 5.89 Å². The van der Waals surface area contributed by atoms with Crippen molar-refractivity contribution in [1.82, 2.24) is 19.7 Å². The average molecular weight is 391 g/mol. The van der Waals surface area contributed by atoms with Crippen molar-refractivity contribution >= 4 is 11.6 Å². The molecule has 0 atom stereocenters. The van der Waals surface area contributed by atoms with E-state index in [0.717, 1.165) is 11.3 Å². The lowest BCUT2D eigenvalue weighted by molar-refractivity contribution is -0.116. The van der Waals surface area contributed by atoms with E-state index in [1.807, 2.05) is 31.2 Å². The summed E-state index contributed by atoms with van der Waals surface area (Å²) in [6.45, 7) is 3.89. The second-order valence-corrected chi connectivity index (χ2v) is 6.65. The molecule has 29 heavy (non-hydrogen) atoms. The number of carbonyl (C=O) groups excluding carboxylic acids is 1. The second kappa shape index (κ2) is 7.67. The molecule has 7 nitrogen and oxygen atoms in total. The number of rotatable bonds is 5. The molecule has 0 spiro atoms. The summed E-state index contributed by atoms with van der Waals surface area (Å²) in [6.07, 6.45) is 1.70. The Morgan fingerprint density at radius 2 is 1.79 bits per heavy atom. The van der Waals surface area contributed by atoms with E-state index >= 15 is 0 Å². The number of anilines is 1. The number of nitrogens with one attached hydrogen (secondary N) is 1. The Hall–Kier alpha value is -3.81. The van der Waals surface area contributed by atoms with Crippen molar-refractivity contribution in [2.45, 2.75) is 20.4 Å². The third-order valence-electron chi connectivity index (χ3n) is 4.37. The lowest BCUT2D eigenvalue weighted by Crippen LogP contribution is -2.19. The zero-order valence-electron chi connectivity index (χ0n) is 15.9. The summed E-state index contributed by atoms with van der Waals surface area (Å²) in [5.74, 6) is 0.703. The van der Waals surface area contributed by atoms with E-state index in [9.17, 15) is 9.18 Å². The first-order valence-corrected chi connectivity index (χ1v) is 8.98. The summed E-state index contributed by atoms with van der Waals surface area (Å²) in [7, 11) is 0. The first-order chi connectivity index (χ1) is 14.0. The number of carbonyl (C=O) groups is 1. The first kappa shape index (κ1) is 18.5. The minimum atomic E-state index is -0.341. The topological polar surface area (TPSA) is 85.8 Å². The molecule has 2 aromatic heterocycles. The van der Waals surface area contributed by atoms with Gasteiger partial charge >= 0.3 is 0 Å². The van der Waals surface area contributed by atoms with Gasteiger partial charge in [0, 0.05) is 17.4 Å². The molecule has 8 heteroatoms. The van der Waals surface area contributed by atoms with E-state index < -0.39 is 0 Å². The van der Waals surface area contributed by atoms with Gasteiger partial charge in [0.2, 0.25) is 11.7 Å². The maximum atomic E-state index is 13.1. The molecule has 2 heterocycles. The summed E-state index contributed by atoms with van der Waals surface area (Å²) in [6, 6.07) is 13.4. The van der Waals surface area contributed by atoms with Crippen molar-refractivity contribution in [2.24, 2.45) is 0 Å². The molecule has 0 aliphatic heterocycles. The van der Waals surface area contributed by atoms with Gasteiger partial charge in [-0.15, -0.1) is 0 Å². The number of amides is 1. The smallest absolute Gasteiger partial charge is 0.258 e. The van der Waals surface area contributed by atoms with Gasteiger partial charge in [0.15, 0.2) is 0 Å². The van der Waals surface area contributed by atoms with Crippen molar-refractivity contribution in [2.75, 3.05) is 5.32 Å². The van der Waals surface area contributed by atoms with Gasteiger partial charge in [-0.25, -0.2) is 9.37 Å². The Labute approximate surface area is 166 Å². The van der Waals surface area contributed by atoms with E-state index in [0.29, 0.717) is 22.9 Å². The minimum Gasteiger partial charge on any atom is -0.334 e. The van der Waals surface area contributed by atoms with Crippen LogP contribution in [-0.4, -0.2) is 25.6 Å². The van der Waals surface area contributed by atoms with Gasteiger partial charge in [-0.05, 0) is 50.2 Å². The predicted octanol–water partition coefficient (Wildman–Crippen LogP) is 3.99. The van der Waals surface area contributed by atoms with Crippen molar-refractivity contribution < 1.29 is 13.7 Å². The van der Waals surface area contributed by atoms with Crippen LogP contribution in [0.2, 0.25) is 0 Å². The molecule has 4 aromatic rings. The Morgan fingerprint density at radius 3 is 2.52 bits per heavy atom. The fraction of sp³-hybridized carbons (Fsp3) is 0.143. The van der Waals surface area contributed by atoms with Crippen LogP contribution in [0.3, 0.4) is 0 Å². The molecule has 4 rings (SSSR count). The highest BCUT2D eigenvalue weighted by Crippen LogP contribution is 2.22. The zero-order chi connectivity index (χ0) is 20.4. The summed E-state index contributed by atoms with van der Waals surface area (Å²) in [4.78, 5) is 21.1. The maximum absolute atomic E-state index is 13.1. The van der Waals surface area contributed by atoms with E-state index in [-0.39, 0.29) is 24.2 Å². The third-order valence-corrected chi connectivity index (χ3v) is 4.37. The maximum Gasteiger partial charge on any atom is 0.258 e. The molecule has 0 saturated carbocycles. The molecule has 0 fully saturated rings. The highest BCUT2D eigenvalue weighted by molar-refractivity contribution is 5.90. The number of nitrogens with zero attached hydrogens (tertiary/aromatic N) is 4. The third kappa shape index (κ3) is 4.21. The Balaban J connectivity index is 1.48. The summed E-state index contributed by atoms with van der Waals surface area (Å²) in [5, 5.41) is 6.79. The molecule has 0 radical (unpaired) electrons. The number of hydrogen-bond donors (Lipinski definition) is 1. The van der Waals surface area contributed by atoms with Gasteiger partial charge < -0.3 is 14.4 Å². The van der Waals surface area contributed by atoms with Crippen LogP contribution in [0, 0.1) is 19.7 Å². The van der Waals surface area contributed by atoms with E-state index in [2.05, 4.69) is 20.4 Å². The lowest BCUT2D eigenvalue weighted by Gasteiger charge is -2.07. The van der Waals surface area contributed by atoms with Crippen molar-refractivity contribution in [1.29, 1.82) is 0 Å². The largest absolute Gasteiger partial charge is 0.334 e. The molecule has 0 aliphatic rings. The number of halogens is 1.